The number of carbonyl (C=O) groups is 1. The third-order valence-electron chi connectivity index (χ3n) is 4.41. The molecule has 2 N–H and O–H groups in total. The molecule has 0 amide bonds. The summed E-state index contributed by atoms with van der Waals surface area (Å²) in [6.45, 7) is 13.3. The van der Waals surface area contributed by atoms with Crippen LogP contribution in [0.2, 0.25) is 16.6 Å². The van der Waals surface area contributed by atoms with Crippen molar-refractivity contribution in [2.75, 3.05) is 13.7 Å². The molecule has 0 saturated carbocycles. The summed E-state index contributed by atoms with van der Waals surface area (Å²) in [7, 11) is -0.733. The molecule has 0 unspecified atom stereocenters. The SMILES string of the molecule is COC(=O)C[C@@H](O)C[C@@H](O)CO[Si](C(C)C)(C(C)C)C(C)C. The van der Waals surface area contributed by atoms with Crippen LogP contribution in [0.15, 0.2) is 0 Å². The highest BCUT2D eigenvalue weighted by Crippen LogP contribution is 2.42. The normalized spacial score (nSPS) is 15.5. The van der Waals surface area contributed by atoms with E-state index in [0.717, 1.165) is 0 Å². The third kappa shape index (κ3) is 5.99. The molecule has 0 aromatic carbocycles. The number of hydrogen-bond donors (Lipinski definition) is 2. The molecule has 132 valence electrons. The Morgan fingerprint density at radius 2 is 1.41 bits per heavy atom. The van der Waals surface area contributed by atoms with Gasteiger partial charge in [-0.25, -0.2) is 0 Å². The number of ether oxygens (including phenoxy) is 1. The van der Waals surface area contributed by atoms with E-state index in [1.807, 2.05) is 0 Å². The van der Waals surface area contributed by atoms with Gasteiger partial charge >= 0.3 is 5.97 Å². The van der Waals surface area contributed by atoms with E-state index in [1.54, 1.807) is 0 Å². The van der Waals surface area contributed by atoms with Crippen LogP contribution in [0.5, 0.6) is 0 Å². The van der Waals surface area contributed by atoms with Crippen molar-refractivity contribution < 1.29 is 24.2 Å². The molecule has 0 fully saturated rings. The van der Waals surface area contributed by atoms with Crippen LogP contribution in [0.3, 0.4) is 0 Å². The van der Waals surface area contributed by atoms with E-state index >= 15 is 0 Å². The van der Waals surface area contributed by atoms with Gasteiger partial charge in [0.05, 0.1) is 32.3 Å². The van der Waals surface area contributed by atoms with Gasteiger partial charge < -0.3 is 19.4 Å². The molecule has 6 heteroatoms. The molecular formula is C16H34O5Si. The van der Waals surface area contributed by atoms with E-state index in [2.05, 4.69) is 46.3 Å². The molecule has 0 aliphatic carbocycles. The second-order valence-electron chi connectivity index (χ2n) is 6.95. The zero-order valence-electron chi connectivity index (χ0n) is 15.1. The second kappa shape index (κ2) is 9.65. The van der Waals surface area contributed by atoms with E-state index in [1.165, 1.54) is 7.11 Å². The summed E-state index contributed by atoms with van der Waals surface area (Å²) in [5, 5.41) is 19.9. The molecule has 0 aromatic heterocycles. The average Bonchev–Trinajstić information content (AvgIpc) is 2.37. The first-order chi connectivity index (χ1) is 10.1. The summed E-state index contributed by atoms with van der Waals surface area (Å²) in [4.78, 5) is 11.1. The number of hydrogen-bond acceptors (Lipinski definition) is 5. The lowest BCUT2D eigenvalue weighted by Crippen LogP contribution is -2.49. The van der Waals surface area contributed by atoms with Crippen LogP contribution >= 0.6 is 0 Å². The molecule has 0 bridgehead atoms. The maximum Gasteiger partial charge on any atom is 0.308 e. The fourth-order valence-corrected chi connectivity index (χ4v) is 8.96. The van der Waals surface area contributed by atoms with Gasteiger partial charge in [-0.3, -0.25) is 4.79 Å². The predicted molar refractivity (Wildman–Crippen MR) is 90.3 cm³/mol. The van der Waals surface area contributed by atoms with Gasteiger partial charge in [-0.05, 0) is 16.6 Å². The molecule has 0 rings (SSSR count). The highest BCUT2D eigenvalue weighted by Gasteiger charge is 2.45. The summed E-state index contributed by atoms with van der Waals surface area (Å²) in [6, 6.07) is 0. The molecule has 0 aromatic rings. The minimum absolute atomic E-state index is 0.103. The largest absolute Gasteiger partial charge is 0.469 e. The Kier molecular flexibility index (Phi) is 9.46. The van der Waals surface area contributed by atoms with Gasteiger partial charge in [0.25, 0.3) is 0 Å². The van der Waals surface area contributed by atoms with Gasteiger partial charge in [0.1, 0.15) is 0 Å². The van der Waals surface area contributed by atoms with E-state index in [-0.39, 0.29) is 19.4 Å². The second-order valence-corrected chi connectivity index (χ2v) is 12.4. The molecule has 0 saturated heterocycles. The van der Waals surface area contributed by atoms with Crippen LogP contribution in [0, 0.1) is 0 Å². The van der Waals surface area contributed by atoms with E-state index in [9.17, 15) is 15.0 Å². The molecule has 0 radical (unpaired) electrons. The summed E-state index contributed by atoms with van der Waals surface area (Å²) in [5.41, 5.74) is 1.33. The van der Waals surface area contributed by atoms with Crippen LogP contribution in [-0.2, 0) is 14.0 Å². The average molecular weight is 335 g/mol. The smallest absolute Gasteiger partial charge is 0.308 e. The highest BCUT2D eigenvalue weighted by atomic mass is 28.4. The van der Waals surface area contributed by atoms with Crippen LogP contribution < -0.4 is 0 Å². The van der Waals surface area contributed by atoms with E-state index in [0.29, 0.717) is 16.6 Å². The minimum Gasteiger partial charge on any atom is -0.469 e. The van der Waals surface area contributed by atoms with Gasteiger partial charge in [-0.1, -0.05) is 41.5 Å². The molecule has 2 atom stereocenters. The third-order valence-corrected chi connectivity index (χ3v) is 10.5. The zero-order valence-corrected chi connectivity index (χ0v) is 16.1. The van der Waals surface area contributed by atoms with Gasteiger partial charge in [0.2, 0.25) is 0 Å². The number of aliphatic hydroxyl groups is 2. The Morgan fingerprint density at radius 1 is 0.955 bits per heavy atom. The lowest BCUT2D eigenvalue weighted by molar-refractivity contribution is -0.143. The summed E-state index contributed by atoms with van der Waals surface area (Å²) in [6.07, 6.45) is -1.66. The van der Waals surface area contributed by atoms with Crippen molar-refractivity contribution in [1.29, 1.82) is 0 Å². The molecule has 0 aliphatic heterocycles. The van der Waals surface area contributed by atoms with Crippen molar-refractivity contribution in [3.05, 3.63) is 0 Å². The van der Waals surface area contributed by atoms with Crippen molar-refractivity contribution in [2.24, 2.45) is 0 Å². The first-order valence-corrected chi connectivity index (χ1v) is 10.3. The maximum absolute atomic E-state index is 11.1. The van der Waals surface area contributed by atoms with Crippen LogP contribution in [0.25, 0.3) is 0 Å². The van der Waals surface area contributed by atoms with E-state index < -0.39 is 26.5 Å². The first kappa shape index (κ1) is 21.6. The summed E-state index contributed by atoms with van der Waals surface area (Å²) >= 11 is 0. The summed E-state index contributed by atoms with van der Waals surface area (Å²) in [5.74, 6) is -0.476. The fourth-order valence-electron chi connectivity index (χ4n) is 3.48. The van der Waals surface area contributed by atoms with Crippen molar-refractivity contribution in [3.63, 3.8) is 0 Å². The number of esters is 1. The number of aliphatic hydroxyl groups excluding tert-OH is 2. The number of carbonyl (C=O) groups excluding carboxylic acids is 1. The van der Waals surface area contributed by atoms with Crippen molar-refractivity contribution in [2.45, 2.75) is 83.2 Å². The van der Waals surface area contributed by atoms with E-state index in [4.69, 9.17) is 4.43 Å². The highest BCUT2D eigenvalue weighted by molar-refractivity contribution is 6.77. The van der Waals surface area contributed by atoms with Crippen molar-refractivity contribution >= 4 is 14.3 Å². The van der Waals surface area contributed by atoms with Crippen LogP contribution in [-0.4, -0.2) is 50.4 Å². The number of methoxy groups -OCH3 is 1. The predicted octanol–water partition coefficient (Wildman–Crippen LogP) is 2.85. The molecular weight excluding hydrogens is 300 g/mol. The summed E-state index contributed by atoms with van der Waals surface area (Å²) < 4.78 is 10.8. The fraction of sp³-hybridized carbons (Fsp3) is 0.938. The van der Waals surface area contributed by atoms with Crippen LogP contribution in [0.1, 0.15) is 54.4 Å². The first-order valence-electron chi connectivity index (χ1n) is 8.14. The Balaban J connectivity index is 4.63. The molecule has 0 spiro atoms. The van der Waals surface area contributed by atoms with Gasteiger partial charge in [0.15, 0.2) is 8.32 Å². The lowest BCUT2D eigenvalue weighted by Gasteiger charge is -2.42. The Morgan fingerprint density at radius 3 is 1.77 bits per heavy atom. The Labute approximate surface area is 136 Å². The molecule has 5 nitrogen and oxygen atoms in total. The van der Waals surface area contributed by atoms with Gasteiger partial charge in [-0.2, -0.15) is 0 Å². The van der Waals surface area contributed by atoms with Crippen LogP contribution in [0.4, 0.5) is 0 Å². The Hall–Kier alpha value is -0.433. The molecule has 0 aliphatic rings. The van der Waals surface area contributed by atoms with Gasteiger partial charge in [0, 0.05) is 6.42 Å². The quantitative estimate of drug-likeness (QED) is 0.474. The van der Waals surface area contributed by atoms with Gasteiger partial charge in [-0.15, -0.1) is 0 Å². The standard InChI is InChI=1S/C16H34O5Si/c1-11(2)22(12(3)4,13(5)6)21-10-15(18)8-14(17)9-16(19)20-7/h11-15,17-18H,8-10H2,1-7H3/t14-,15+/m0/s1. The maximum atomic E-state index is 11.1. The topological polar surface area (TPSA) is 76.0 Å². The lowest BCUT2D eigenvalue weighted by atomic mass is 10.1. The van der Waals surface area contributed by atoms with Crippen molar-refractivity contribution in [1.82, 2.24) is 0 Å². The zero-order chi connectivity index (χ0) is 17.5. The molecule has 22 heavy (non-hydrogen) atoms. The van der Waals surface area contributed by atoms with Crippen molar-refractivity contribution in [3.8, 4) is 0 Å². The molecule has 0 heterocycles. The Bertz CT molecular complexity index is 309. The number of rotatable bonds is 10. The minimum atomic E-state index is -2.01. The monoisotopic (exact) mass is 334 g/mol.